The van der Waals surface area contributed by atoms with Gasteiger partial charge in [0, 0.05) is 45.2 Å². The Morgan fingerprint density at radius 2 is 1.77 bits per heavy atom. The lowest BCUT2D eigenvalue weighted by atomic mass is 9.85. The van der Waals surface area contributed by atoms with Crippen molar-refractivity contribution in [3.63, 3.8) is 0 Å². The fraction of sp³-hybridized carbons (Fsp3) is 0.591. The molecule has 1 saturated carbocycles. The van der Waals surface area contributed by atoms with Gasteiger partial charge in [-0.1, -0.05) is 20.8 Å². The highest BCUT2D eigenvalue weighted by Crippen LogP contribution is 2.39. The van der Waals surface area contributed by atoms with Gasteiger partial charge in [0.05, 0.1) is 17.5 Å². The molecule has 2 N–H and O–H groups in total. The van der Waals surface area contributed by atoms with E-state index in [-0.39, 0.29) is 17.7 Å². The van der Waals surface area contributed by atoms with Gasteiger partial charge in [0.2, 0.25) is 11.8 Å². The molecule has 2 aromatic rings. The molecule has 3 heterocycles. The third-order valence-electron chi connectivity index (χ3n) is 6.06. The SMILES string of the molecule is CC(=O)N1CCN(C(=O)[C@H](NC(=O)c2c[nH]c3ncc(C4CC4)nc23)C(C)(C)C)CC1. The van der Waals surface area contributed by atoms with Crippen molar-refractivity contribution in [3.05, 3.63) is 23.7 Å². The molecule has 3 amide bonds. The molecule has 1 aliphatic carbocycles. The lowest BCUT2D eigenvalue weighted by molar-refractivity contribution is -0.141. The lowest BCUT2D eigenvalue weighted by Crippen LogP contribution is -2.59. The van der Waals surface area contributed by atoms with Gasteiger partial charge in [-0.05, 0) is 18.3 Å². The van der Waals surface area contributed by atoms with E-state index in [2.05, 4.69) is 20.3 Å². The van der Waals surface area contributed by atoms with E-state index < -0.39 is 11.5 Å². The van der Waals surface area contributed by atoms with E-state index in [4.69, 9.17) is 0 Å². The Kier molecular flexibility index (Phi) is 5.45. The van der Waals surface area contributed by atoms with Gasteiger partial charge >= 0.3 is 0 Å². The summed E-state index contributed by atoms with van der Waals surface area (Å²) < 4.78 is 0. The van der Waals surface area contributed by atoms with Gasteiger partial charge in [0.25, 0.3) is 5.91 Å². The Morgan fingerprint density at radius 3 is 2.35 bits per heavy atom. The number of H-pyrrole nitrogens is 1. The Morgan fingerprint density at radius 1 is 1.13 bits per heavy atom. The van der Waals surface area contributed by atoms with Crippen molar-refractivity contribution in [2.24, 2.45) is 5.41 Å². The van der Waals surface area contributed by atoms with Crippen LogP contribution in [0, 0.1) is 5.41 Å². The second kappa shape index (κ2) is 7.94. The predicted octanol–water partition coefficient (Wildman–Crippen LogP) is 1.67. The highest BCUT2D eigenvalue weighted by atomic mass is 16.2. The summed E-state index contributed by atoms with van der Waals surface area (Å²) in [7, 11) is 0. The molecule has 1 atom stereocenters. The first-order valence-electron chi connectivity index (χ1n) is 10.8. The molecule has 0 radical (unpaired) electrons. The number of fused-ring (bicyclic) bond motifs is 1. The van der Waals surface area contributed by atoms with Crippen molar-refractivity contribution < 1.29 is 14.4 Å². The van der Waals surface area contributed by atoms with Crippen LogP contribution in [0.5, 0.6) is 0 Å². The molecule has 1 aliphatic heterocycles. The molecule has 9 heteroatoms. The van der Waals surface area contributed by atoms with E-state index in [0.29, 0.717) is 48.8 Å². The van der Waals surface area contributed by atoms with Crippen molar-refractivity contribution >= 4 is 28.9 Å². The van der Waals surface area contributed by atoms with E-state index in [0.717, 1.165) is 18.5 Å². The smallest absolute Gasteiger partial charge is 0.255 e. The second-order valence-corrected chi connectivity index (χ2v) is 9.57. The van der Waals surface area contributed by atoms with Gasteiger partial charge in [-0.2, -0.15) is 0 Å². The number of amides is 3. The van der Waals surface area contributed by atoms with Crippen molar-refractivity contribution in [1.29, 1.82) is 0 Å². The molecular formula is C22H30N6O3. The number of piperazine rings is 1. The molecule has 166 valence electrons. The summed E-state index contributed by atoms with van der Waals surface area (Å²) in [4.78, 5) is 53.6. The molecule has 2 aromatic heterocycles. The maximum Gasteiger partial charge on any atom is 0.255 e. The Labute approximate surface area is 181 Å². The number of carbonyl (C=O) groups is 3. The zero-order valence-electron chi connectivity index (χ0n) is 18.6. The monoisotopic (exact) mass is 426 g/mol. The van der Waals surface area contributed by atoms with Crippen LogP contribution in [0.25, 0.3) is 11.2 Å². The summed E-state index contributed by atoms with van der Waals surface area (Å²) >= 11 is 0. The topological polar surface area (TPSA) is 111 Å². The molecular weight excluding hydrogens is 396 g/mol. The van der Waals surface area contributed by atoms with Crippen LogP contribution in [-0.4, -0.2) is 74.7 Å². The van der Waals surface area contributed by atoms with Crippen LogP contribution in [0.2, 0.25) is 0 Å². The van der Waals surface area contributed by atoms with Crippen molar-refractivity contribution in [1.82, 2.24) is 30.1 Å². The standard InChI is InChI=1S/C22H30N6O3/c1-13(29)27-7-9-28(10-8-27)21(31)18(22(2,3)4)26-20(30)15-11-23-19-17(15)25-16(12-24-19)14-5-6-14/h11-12,14,18H,5-10H2,1-4H3,(H,23,24)(H,26,30)/t18-/m0/s1. The summed E-state index contributed by atoms with van der Waals surface area (Å²) in [6.45, 7) is 9.27. The zero-order chi connectivity index (χ0) is 22.3. The molecule has 0 unspecified atom stereocenters. The van der Waals surface area contributed by atoms with E-state index in [1.807, 2.05) is 20.8 Å². The van der Waals surface area contributed by atoms with Crippen molar-refractivity contribution in [2.75, 3.05) is 26.2 Å². The molecule has 0 bridgehead atoms. The fourth-order valence-electron chi connectivity index (χ4n) is 3.94. The Hall–Kier alpha value is -2.97. The molecule has 0 spiro atoms. The van der Waals surface area contributed by atoms with Gasteiger partial charge in [-0.25, -0.2) is 9.97 Å². The lowest BCUT2D eigenvalue weighted by Gasteiger charge is -2.39. The van der Waals surface area contributed by atoms with Crippen molar-refractivity contribution in [3.8, 4) is 0 Å². The Balaban J connectivity index is 1.52. The van der Waals surface area contributed by atoms with Gasteiger partial charge < -0.3 is 20.1 Å². The van der Waals surface area contributed by atoms with Crippen LogP contribution < -0.4 is 5.32 Å². The van der Waals surface area contributed by atoms with Crippen LogP contribution in [0.4, 0.5) is 0 Å². The first-order chi connectivity index (χ1) is 14.6. The maximum atomic E-state index is 13.3. The number of carbonyl (C=O) groups excluding carboxylic acids is 3. The van der Waals surface area contributed by atoms with Crippen LogP contribution in [-0.2, 0) is 9.59 Å². The van der Waals surface area contributed by atoms with E-state index >= 15 is 0 Å². The van der Waals surface area contributed by atoms with Crippen LogP contribution in [0.3, 0.4) is 0 Å². The summed E-state index contributed by atoms with van der Waals surface area (Å²) in [6, 6.07) is -0.701. The Bertz CT molecular complexity index is 1010. The number of hydrogen-bond donors (Lipinski definition) is 2. The molecule has 0 aromatic carbocycles. The van der Waals surface area contributed by atoms with Crippen LogP contribution >= 0.6 is 0 Å². The van der Waals surface area contributed by atoms with Crippen LogP contribution in [0.1, 0.15) is 62.5 Å². The summed E-state index contributed by atoms with van der Waals surface area (Å²) in [6.07, 6.45) is 5.57. The van der Waals surface area contributed by atoms with Gasteiger partial charge in [-0.15, -0.1) is 0 Å². The van der Waals surface area contributed by atoms with Gasteiger partial charge in [0.1, 0.15) is 11.6 Å². The van der Waals surface area contributed by atoms with E-state index in [9.17, 15) is 14.4 Å². The second-order valence-electron chi connectivity index (χ2n) is 9.57. The molecule has 2 aliphatic rings. The normalized spacial score (nSPS) is 18.2. The fourth-order valence-corrected chi connectivity index (χ4v) is 3.94. The number of nitrogens with zero attached hydrogens (tertiary/aromatic N) is 4. The average molecular weight is 427 g/mol. The molecule has 9 nitrogen and oxygen atoms in total. The van der Waals surface area contributed by atoms with E-state index in [1.54, 1.807) is 22.2 Å². The third kappa shape index (κ3) is 4.40. The number of aromatic nitrogens is 3. The summed E-state index contributed by atoms with van der Waals surface area (Å²) in [5.41, 5.74) is 1.92. The average Bonchev–Trinajstić information content (AvgIpc) is 3.49. The number of hydrogen-bond acceptors (Lipinski definition) is 5. The number of aromatic amines is 1. The highest BCUT2D eigenvalue weighted by molar-refractivity contribution is 6.06. The predicted molar refractivity (Wildman–Crippen MR) is 115 cm³/mol. The van der Waals surface area contributed by atoms with Gasteiger partial charge in [-0.3, -0.25) is 14.4 Å². The first kappa shape index (κ1) is 21.3. The number of nitrogens with one attached hydrogen (secondary N) is 2. The van der Waals surface area contributed by atoms with Gasteiger partial charge in [0.15, 0.2) is 5.65 Å². The quantitative estimate of drug-likeness (QED) is 0.773. The molecule has 4 rings (SSSR count). The first-order valence-corrected chi connectivity index (χ1v) is 10.8. The molecule has 1 saturated heterocycles. The summed E-state index contributed by atoms with van der Waals surface area (Å²) in [5.74, 6) is -0.0307. The maximum absolute atomic E-state index is 13.3. The van der Waals surface area contributed by atoms with E-state index in [1.165, 1.54) is 6.92 Å². The van der Waals surface area contributed by atoms with Crippen LogP contribution in [0.15, 0.2) is 12.4 Å². The largest absolute Gasteiger partial charge is 0.344 e. The highest BCUT2D eigenvalue weighted by Gasteiger charge is 2.37. The third-order valence-corrected chi connectivity index (χ3v) is 6.06. The summed E-state index contributed by atoms with van der Waals surface area (Å²) in [5, 5.41) is 2.95. The minimum Gasteiger partial charge on any atom is -0.344 e. The zero-order valence-corrected chi connectivity index (χ0v) is 18.6. The minimum atomic E-state index is -0.701. The van der Waals surface area contributed by atoms with Crippen molar-refractivity contribution in [2.45, 2.75) is 52.5 Å². The minimum absolute atomic E-state index is 0.0128. The number of rotatable bonds is 4. The molecule has 31 heavy (non-hydrogen) atoms. The molecule has 2 fully saturated rings.